The number of rotatable bonds is 6. The first-order valence-electron chi connectivity index (χ1n) is 8.11. The molecule has 26 heavy (non-hydrogen) atoms. The minimum atomic E-state index is -0.0856. The number of hydrogen-bond acceptors (Lipinski definition) is 5. The van der Waals surface area contributed by atoms with Crippen molar-refractivity contribution in [1.29, 1.82) is 0 Å². The van der Waals surface area contributed by atoms with Crippen LogP contribution in [0.2, 0.25) is 0 Å². The van der Waals surface area contributed by atoms with Crippen LogP contribution in [0.5, 0.6) is 0 Å². The van der Waals surface area contributed by atoms with Gasteiger partial charge in [-0.3, -0.25) is 4.79 Å². The maximum atomic E-state index is 12.2. The molecule has 0 fully saturated rings. The highest BCUT2D eigenvalue weighted by molar-refractivity contribution is 9.10. The minimum Gasteiger partial charge on any atom is -0.446 e. The van der Waals surface area contributed by atoms with E-state index in [9.17, 15) is 4.79 Å². The van der Waals surface area contributed by atoms with E-state index in [-0.39, 0.29) is 11.7 Å². The van der Waals surface area contributed by atoms with Crippen LogP contribution in [0.25, 0.3) is 11.6 Å². The van der Waals surface area contributed by atoms with Crippen molar-refractivity contribution in [2.75, 3.05) is 11.1 Å². The number of furan rings is 1. The van der Waals surface area contributed by atoms with Gasteiger partial charge in [0, 0.05) is 12.7 Å². The fourth-order valence-electron chi connectivity index (χ4n) is 2.37. The quantitative estimate of drug-likeness (QED) is 0.569. The fourth-order valence-corrected chi connectivity index (χ4v) is 3.39. The highest BCUT2D eigenvalue weighted by Crippen LogP contribution is 2.26. The summed E-state index contributed by atoms with van der Waals surface area (Å²) in [4.78, 5) is 12.2. The number of aromatic nitrogens is 3. The number of carbonyl (C=O) groups excluding carboxylic acids is 1. The molecule has 3 rings (SSSR count). The molecule has 0 radical (unpaired) electrons. The highest BCUT2D eigenvalue weighted by Gasteiger charge is 2.15. The average molecular weight is 435 g/mol. The number of carbonyl (C=O) groups is 1. The van der Waals surface area contributed by atoms with Crippen LogP contribution in [-0.2, 0) is 11.8 Å². The average Bonchev–Trinajstić information content (AvgIpc) is 3.19. The number of halogens is 1. The van der Waals surface area contributed by atoms with Crippen molar-refractivity contribution in [3.05, 3.63) is 46.6 Å². The van der Waals surface area contributed by atoms with Gasteiger partial charge in [0.25, 0.3) is 0 Å². The zero-order chi connectivity index (χ0) is 18.7. The van der Waals surface area contributed by atoms with Gasteiger partial charge in [-0.15, -0.1) is 10.2 Å². The number of thioether (sulfide) groups is 1. The summed E-state index contributed by atoms with van der Waals surface area (Å²) in [6.45, 7) is 4.28. The molecule has 0 aliphatic carbocycles. The summed E-state index contributed by atoms with van der Waals surface area (Å²) in [5.41, 5.74) is 2.03. The lowest BCUT2D eigenvalue weighted by Gasteiger charge is -2.08. The van der Waals surface area contributed by atoms with Gasteiger partial charge in [-0.1, -0.05) is 37.7 Å². The summed E-state index contributed by atoms with van der Waals surface area (Å²) in [6.07, 6.45) is 0. The molecule has 1 aromatic carbocycles. The van der Waals surface area contributed by atoms with Crippen molar-refractivity contribution in [2.45, 2.75) is 24.9 Å². The van der Waals surface area contributed by atoms with E-state index < -0.39 is 0 Å². The van der Waals surface area contributed by atoms with Gasteiger partial charge < -0.3 is 14.3 Å². The molecular weight excluding hydrogens is 416 g/mol. The van der Waals surface area contributed by atoms with Crippen molar-refractivity contribution in [2.24, 2.45) is 7.05 Å². The highest BCUT2D eigenvalue weighted by atomic mass is 79.9. The minimum absolute atomic E-state index is 0.0856. The van der Waals surface area contributed by atoms with Gasteiger partial charge in [0.15, 0.2) is 21.4 Å². The van der Waals surface area contributed by atoms with Gasteiger partial charge in [-0.25, -0.2) is 0 Å². The normalized spacial score (nSPS) is 11.1. The van der Waals surface area contributed by atoms with Crippen molar-refractivity contribution in [3.63, 3.8) is 0 Å². The zero-order valence-corrected chi connectivity index (χ0v) is 17.1. The first-order valence-corrected chi connectivity index (χ1v) is 9.89. The Hall–Kier alpha value is -2.06. The van der Waals surface area contributed by atoms with Crippen LogP contribution in [0.3, 0.4) is 0 Å². The van der Waals surface area contributed by atoms with Crippen molar-refractivity contribution in [1.82, 2.24) is 14.8 Å². The number of benzene rings is 1. The summed E-state index contributed by atoms with van der Waals surface area (Å²) in [5.74, 6) is 1.86. The Labute approximate surface area is 164 Å². The van der Waals surface area contributed by atoms with Gasteiger partial charge >= 0.3 is 0 Å². The molecule has 0 aliphatic rings. The van der Waals surface area contributed by atoms with Crippen LogP contribution in [0.1, 0.15) is 25.3 Å². The summed E-state index contributed by atoms with van der Waals surface area (Å²) in [5, 5.41) is 11.8. The molecule has 3 aromatic rings. The second kappa shape index (κ2) is 8.09. The standard InChI is InChI=1S/C18H19BrN4O2S/c1-11(2)12-4-6-13(7-5-12)20-16(24)10-26-18-22-21-17(23(18)3)14-8-9-15(19)25-14/h4-9,11H,10H2,1-3H3,(H,20,24). The summed E-state index contributed by atoms with van der Waals surface area (Å²) in [7, 11) is 1.84. The van der Waals surface area contributed by atoms with E-state index in [1.54, 1.807) is 10.6 Å². The molecule has 0 spiro atoms. The van der Waals surface area contributed by atoms with Crippen molar-refractivity contribution >= 4 is 39.3 Å². The van der Waals surface area contributed by atoms with E-state index in [1.165, 1.54) is 17.3 Å². The van der Waals surface area contributed by atoms with Gasteiger partial charge in [0.2, 0.25) is 5.91 Å². The molecule has 1 N–H and O–H groups in total. The number of hydrogen-bond donors (Lipinski definition) is 1. The molecule has 136 valence electrons. The Balaban J connectivity index is 1.59. The molecule has 0 bridgehead atoms. The lowest BCUT2D eigenvalue weighted by Crippen LogP contribution is -2.14. The van der Waals surface area contributed by atoms with E-state index in [4.69, 9.17) is 4.42 Å². The third kappa shape index (κ3) is 4.37. The van der Waals surface area contributed by atoms with Crippen molar-refractivity contribution < 1.29 is 9.21 Å². The first kappa shape index (κ1) is 18.7. The van der Waals surface area contributed by atoms with E-state index in [0.717, 1.165) is 5.69 Å². The second-order valence-electron chi connectivity index (χ2n) is 6.08. The molecule has 0 aliphatic heterocycles. The van der Waals surface area contributed by atoms with Crippen LogP contribution in [0.15, 0.2) is 50.6 Å². The molecule has 2 heterocycles. The topological polar surface area (TPSA) is 73.0 Å². The molecule has 0 unspecified atom stereocenters. The Morgan fingerprint density at radius 2 is 1.96 bits per heavy atom. The predicted molar refractivity (Wildman–Crippen MR) is 106 cm³/mol. The molecule has 0 atom stereocenters. The summed E-state index contributed by atoms with van der Waals surface area (Å²) in [6, 6.07) is 11.5. The van der Waals surface area contributed by atoms with Crippen LogP contribution in [0, 0.1) is 0 Å². The maximum Gasteiger partial charge on any atom is 0.234 e. The van der Waals surface area contributed by atoms with Gasteiger partial charge in [0.1, 0.15) is 0 Å². The van der Waals surface area contributed by atoms with Crippen LogP contribution >= 0.6 is 27.7 Å². The Morgan fingerprint density at radius 1 is 1.23 bits per heavy atom. The Kier molecular flexibility index (Phi) is 5.83. The molecule has 2 aromatic heterocycles. The molecule has 0 saturated heterocycles. The van der Waals surface area contributed by atoms with E-state index in [0.29, 0.717) is 27.3 Å². The number of amides is 1. The largest absolute Gasteiger partial charge is 0.446 e. The fraction of sp³-hybridized carbons (Fsp3) is 0.278. The van der Waals surface area contributed by atoms with Gasteiger partial charge in [-0.05, 0) is 51.7 Å². The third-order valence-electron chi connectivity index (χ3n) is 3.82. The van der Waals surface area contributed by atoms with Gasteiger partial charge in [0.05, 0.1) is 5.75 Å². The molecular formula is C18H19BrN4O2S. The van der Waals surface area contributed by atoms with E-state index >= 15 is 0 Å². The molecule has 1 amide bonds. The predicted octanol–water partition coefficient (Wildman–Crippen LogP) is 4.69. The Bertz CT molecular complexity index is 902. The number of nitrogens with one attached hydrogen (secondary N) is 1. The van der Waals surface area contributed by atoms with Crippen LogP contribution < -0.4 is 5.32 Å². The number of nitrogens with zero attached hydrogens (tertiary/aromatic N) is 3. The maximum absolute atomic E-state index is 12.2. The van der Waals surface area contributed by atoms with Crippen molar-refractivity contribution in [3.8, 4) is 11.6 Å². The summed E-state index contributed by atoms with van der Waals surface area (Å²) >= 11 is 4.60. The van der Waals surface area contributed by atoms with Gasteiger partial charge in [-0.2, -0.15) is 0 Å². The van der Waals surface area contributed by atoms with Crippen LogP contribution in [0.4, 0.5) is 5.69 Å². The lowest BCUT2D eigenvalue weighted by molar-refractivity contribution is -0.113. The van der Waals surface area contributed by atoms with E-state index in [2.05, 4.69) is 45.3 Å². The SMILES string of the molecule is CC(C)c1ccc(NC(=O)CSc2nnc(-c3ccc(Br)o3)n2C)cc1. The number of anilines is 1. The molecule has 8 heteroatoms. The smallest absolute Gasteiger partial charge is 0.234 e. The molecule has 6 nitrogen and oxygen atoms in total. The monoisotopic (exact) mass is 434 g/mol. The summed E-state index contributed by atoms with van der Waals surface area (Å²) < 4.78 is 7.94. The molecule has 0 saturated carbocycles. The first-order chi connectivity index (χ1) is 12.4. The Morgan fingerprint density at radius 3 is 2.58 bits per heavy atom. The third-order valence-corrected chi connectivity index (χ3v) is 5.27. The second-order valence-corrected chi connectivity index (χ2v) is 7.81. The van der Waals surface area contributed by atoms with Crippen LogP contribution in [-0.4, -0.2) is 26.4 Å². The zero-order valence-electron chi connectivity index (χ0n) is 14.7. The van der Waals surface area contributed by atoms with E-state index in [1.807, 2.05) is 37.4 Å². The lowest BCUT2D eigenvalue weighted by atomic mass is 10.0.